The molecular weight excluding hydrogens is 182 g/mol. The van der Waals surface area contributed by atoms with Gasteiger partial charge >= 0.3 is 5.97 Å². The van der Waals surface area contributed by atoms with Gasteiger partial charge in [-0.15, -0.1) is 0 Å². The lowest BCUT2D eigenvalue weighted by atomic mass is 10.0. The van der Waals surface area contributed by atoms with Gasteiger partial charge in [-0.05, 0) is 0 Å². The molecule has 14 heavy (non-hydrogen) atoms. The highest BCUT2D eigenvalue weighted by Crippen LogP contribution is 2.19. The van der Waals surface area contributed by atoms with E-state index in [1.165, 1.54) is 6.92 Å². The number of carbonyl (C=O) groups excluding carboxylic acids is 1. The van der Waals surface area contributed by atoms with E-state index >= 15 is 0 Å². The van der Waals surface area contributed by atoms with Crippen molar-refractivity contribution in [1.29, 1.82) is 0 Å². The molecule has 0 aromatic heterocycles. The SMILES string of the molecule is CC(=O)OC1CCOCC1[N+](C)(C)C. The van der Waals surface area contributed by atoms with Gasteiger partial charge in [-0.1, -0.05) is 0 Å². The Morgan fingerprint density at radius 1 is 1.43 bits per heavy atom. The zero-order valence-electron chi connectivity index (χ0n) is 9.45. The van der Waals surface area contributed by atoms with Crippen LogP contribution < -0.4 is 0 Å². The minimum atomic E-state index is -0.199. The van der Waals surface area contributed by atoms with Crippen LogP contribution in [0.15, 0.2) is 0 Å². The van der Waals surface area contributed by atoms with Gasteiger partial charge in [0.25, 0.3) is 0 Å². The molecule has 0 aromatic carbocycles. The quantitative estimate of drug-likeness (QED) is 0.481. The molecule has 82 valence electrons. The monoisotopic (exact) mass is 202 g/mol. The van der Waals surface area contributed by atoms with E-state index in [0.717, 1.165) is 10.9 Å². The normalized spacial score (nSPS) is 28.6. The van der Waals surface area contributed by atoms with Gasteiger partial charge < -0.3 is 14.0 Å². The minimum Gasteiger partial charge on any atom is -0.456 e. The van der Waals surface area contributed by atoms with E-state index in [2.05, 4.69) is 21.1 Å². The molecule has 1 rings (SSSR count). The Morgan fingerprint density at radius 3 is 2.57 bits per heavy atom. The molecule has 1 heterocycles. The van der Waals surface area contributed by atoms with Gasteiger partial charge in [-0.2, -0.15) is 0 Å². The van der Waals surface area contributed by atoms with Crippen LogP contribution >= 0.6 is 0 Å². The summed E-state index contributed by atoms with van der Waals surface area (Å²) in [7, 11) is 6.28. The van der Waals surface area contributed by atoms with Crippen LogP contribution in [0.2, 0.25) is 0 Å². The first-order valence-electron chi connectivity index (χ1n) is 4.97. The number of likely N-dealkylation sites (N-methyl/N-ethyl adjacent to an activating group) is 1. The molecular formula is C10H20NO3+. The third-order valence-corrected chi connectivity index (χ3v) is 2.58. The van der Waals surface area contributed by atoms with Crippen molar-refractivity contribution in [3.63, 3.8) is 0 Å². The maximum Gasteiger partial charge on any atom is 0.303 e. The van der Waals surface area contributed by atoms with Gasteiger partial charge in [0.2, 0.25) is 0 Å². The summed E-state index contributed by atoms with van der Waals surface area (Å²) in [6, 6.07) is 0.243. The smallest absolute Gasteiger partial charge is 0.303 e. The topological polar surface area (TPSA) is 35.5 Å². The number of esters is 1. The fourth-order valence-electron chi connectivity index (χ4n) is 1.78. The van der Waals surface area contributed by atoms with Gasteiger partial charge in [-0.25, -0.2) is 0 Å². The van der Waals surface area contributed by atoms with Crippen LogP contribution in [0.3, 0.4) is 0 Å². The van der Waals surface area contributed by atoms with E-state index in [4.69, 9.17) is 9.47 Å². The Morgan fingerprint density at radius 2 is 2.07 bits per heavy atom. The maximum absolute atomic E-state index is 10.9. The number of rotatable bonds is 2. The molecule has 0 N–H and O–H groups in total. The molecule has 0 radical (unpaired) electrons. The summed E-state index contributed by atoms with van der Waals surface area (Å²) in [6.45, 7) is 2.82. The van der Waals surface area contributed by atoms with E-state index in [1.54, 1.807) is 0 Å². The molecule has 0 amide bonds. The molecule has 2 unspecified atom stereocenters. The second-order valence-corrected chi connectivity index (χ2v) is 4.70. The minimum absolute atomic E-state index is 0.00116. The van der Waals surface area contributed by atoms with Gasteiger partial charge in [-0.3, -0.25) is 4.79 Å². The van der Waals surface area contributed by atoms with Crippen molar-refractivity contribution < 1.29 is 18.8 Å². The third-order valence-electron chi connectivity index (χ3n) is 2.58. The molecule has 4 nitrogen and oxygen atoms in total. The fraction of sp³-hybridized carbons (Fsp3) is 0.900. The summed E-state index contributed by atoms with van der Waals surface area (Å²) in [5, 5.41) is 0. The number of nitrogens with zero attached hydrogens (tertiary/aromatic N) is 1. The van der Waals surface area contributed by atoms with Gasteiger partial charge in [0.05, 0.1) is 27.7 Å². The summed E-state index contributed by atoms with van der Waals surface area (Å²) in [6.07, 6.45) is 0.806. The first-order valence-corrected chi connectivity index (χ1v) is 4.97. The lowest BCUT2D eigenvalue weighted by molar-refractivity contribution is -0.901. The van der Waals surface area contributed by atoms with Crippen molar-refractivity contribution in [3.05, 3.63) is 0 Å². The van der Waals surface area contributed by atoms with Crippen LogP contribution in [-0.2, 0) is 14.3 Å². The largest absolute Gasteiger partial charge is 0.456 e. The number of carbonyl (C=O) groups is 1. The number of hydrogen-bond donors (Lipinski definition) is 0. The van der Waals surface area contributed by atoms with Crippen molar-refractivity contribution in [1.82, 2.24) is 0 Å². The van der Waals surface area contributed by atoms with Crippen molar-refractivity contribution >= 4 is 5.97 Å². The Balaban J connectivity index is 2.64. The van der Waals surface area contributed by atoms with Crippen molar-refractivity contribution in [3.8, 4) is 0 Å². The summed E-state index contributed by atoms with van der Waals surface area (Å²) in [4.78, 5) is 10.9. The van der Waals surface area contributed by atoms with E-state index in [-0.39, 0.29) is 18.1 Å². The number of quaternary nitrogens is 1. The Labute approximate surface area is 85.4 Å². The van der Waals surface area contributed by atoms with E-state index < -0.39 is 0 Å². The summed E-state index contributed by atoms with van der Waals surface area (Å²) < 4.78 is 11.5. The van der Waals surface area contributed by atoms with Crippen LogP contribution in [0.4, 0.5) is 0 Å². The average molecular weight is 202 g/mol. The molecule has 0 bridgehead atoms. The van der Waals surface area contributed by atoms with E-state index in [9.17, 15) is 4.79 Å². The molecule has 0 aliphatic carbocycles. The van der Waals surface area contributed by atoms with Gasteiger partial charge in [0.1, 0.15) is 12.6 Å². The molecule has 1 aliphatic rings. The first-order chi connectivity index (χ1) is 6.41. The lowest BCUT2D eigenvalue weighted by Gasteiger charge is -2.40. The number of ether oxygens (including phenoxy) is 2. The van der Waals surface area contributed by atoms with Crippen LogP contribution in [0.1, 0.15) is 13.3 Å². The molecule has 1 saturated heterocycles. The van der Waals surface area contributed by atoms with Gasteiger partial charge in [0.15, 0.2) is 6.10 Å². The highest BCUT2D eigenvalue weighted by Gasteiger charge is 2.37. The summed E-state index contributed by atoms with van der Waals surface area (Å²) >= 11 is 0. The number of hydrogen-bond acceptors (Lipinski definition) is 3. The third kappa shape index (κ3) is 2.96. The van der Waals surface area contributed by atoms with Crippen LogP contribution in [0, 0.1) is 0 Å². The predicted octanol–water partition coefficient (Wildman–Crippen LogP) is 0.413. The molecule has 1 aliphatic heterocycles. The van der Waals surface area contributed by atoms with Crippen molar-refractivity contribution in [2.45, 2.75) is 25.5 Å². The van der Waals surface area contributed by atoms with Crippen molar-refractivity contribution in [2.24, 2.45) is 0 Å². The second-order valence-electron chi connectivity index (χ2n) is 4.70. The van der Waals surface area contributed by atoms with Crippen LogP contribution in [0.25, 0.3) is 0 Å². The lowest BCUT2D eigenvalue weighted by Crippen LogP contribution is -2.57. The molecule has 2 atom stereocenters. The molecule has 4 heteroatoms. The maximum atomic E-state index is 10.9. The van der Waals surface area contributed by atoms with E-state index in [0.29, 0.717) is 13.2 Å². The highest BCUT2D eigenvalue weighted by molar-refractivity contribution is 5.66. The summed E-state index contributed by atoms with van der Waals surface area (Å²) in [5.74, 6) is -0.199. The zero-order chi connectivity index (χ0) is 10.8. The van der Waals surface area contributed by atoms with Crippen molar-refractivity contribution in [2.75, 3.05) is 34.4 Å². The average Bonchev–Trinajstić information content (AvgIpc) is 2.01. The highest BCUT2D eigenvalue weighted by atomic mass is 16.6. The summed E-state index contributed by atoms with van der Waals surface area (Å²) in [5.41, 5.74) is 0. The first kappa shape index (κ1) is 11.5. The molecule has 1 fully saturated rings. The van der Waals surface area contributed by atoms with Crippen LogP contribution in [0.5, 0.6) is 0 Å². The van der Waals surface area contributed by atoms with Gasteiger partial charge in [0, 0.05) is 13.3 Å². The fourth-order valence-corrected chi connectivity index (χ4v) is 1.78. The molecule has 0 spiro atoms. The predicted molar refractivity (Wildman–Crippen MR) is 52.8 cm³/mol. The van der Waals surface area contributed by atoms with Crippen LogP contribution in [-0.4, -0.2) is 57.0 Å². The standard InChI is InChI=1S/C10H20NO3/c1-8(12)14-10-5-6-13-7-9(10)11(2,3)4/h9-10H,5-7H2,1-4H3/q+1. The zero-order valence-corrected chi connectivity index (χ0v) is 9.45. The Bertz CT molecular complexity index is 210. The molecule has 0 aromatic rings. The Kier molecular flexibility index (Phi) is 3.50. The van der Waals surface area contributed by atoms with E-state index in [1.807, 2.05) is 0 Å². The molecule has 0 saturated carbocycles. The Hall–Kier alpha value is -0.610. The second kappa shape index (κ2) is 4.28.